The van der Waals surface area contributed by atoms with Gasteiger partial charge in [0.25, 0.3) is 0 Å². The summed E-state index contributed by atoms with van der Waals surface area (Å²) in [7, 11) is -3.41. The van der Waals surface area contributed by atoms with Crippen LogP contribution in [-0.4, -0.2) is 36.3 Å². The zero-order valence-electron chi connectivity index (χ0n) is 11.5. The van der Waals surface area contributed by atoms with Crippen LogP contribution in [0.3, 0.4) is 0 Å². The molecule has 1 aliphatic rings. The van der Waals surface area contributed by atoms with Crippen LogP contribution in [0.5, 0.6) is 0 Å². The maximum Gasteiger partial charge on any atom is 0.243 e. The average molecular weight is 300 g/mol. The number of benzene rings is 1. The van der Waals surface area contributed by atoms with E-state index < -0.39 is 10.0 Å². The highest BCUT2D eigenvalue weighted by Crippen LogP contribution is 2.32. The molecule has 0 unspecified atom stereocenters. The summed E-state index contributed by atoms with van der Waals surface area (Å²) in [6.07, 6.45) is 0. The van der Waals surface area contributed by atoms with Gasteiger partial charge in [0, 0.05) is 29.3 Å². The first-order chi connectivity index (χ1) is 8.72. The van der Waals surface area contributed by atoms with Crippen LogP contribution in [0.15, 0.2) is 23.1 Å². The number of nitrogen functional groups attached to an aromatic ring is 1. The Hall–Kier alpha value is -0.720. The number of hydrogen-bond donors (Lipinski definition) is 1. The quantitative estimate of drug-likeness (QED) is 0.850. The van der Waals surface area contributed by atoms with E-state index in [2.05, 4.69) is 13.8 Å². The lowest BCUT2D eigenvalue weighted by Crippen LogP contribution is -2.46. The molecule has 1 aromatic rings. The van der Waals surface area contributed by atoms with Crippen molar-refractivity contribution < 1.29 is 8.42 Å². The van der Waals surface area contributed by atoms with Crippen molar-refractivity contribution >= 4 is 27.5 Å². The smallest absolute Gasteiger partial charge is 0.243 e. The Kier molecular flexibility index (Phi) is 3.86. The molecule has 6 heteroatoms. The van der Waals surface area contributed by atoms with Gasteiger partial charge in [-0.2, -0.15) is 16.1 Å². The van der Waals surface area contributed by atoms with Crippen LogP contribution in [-0.2, 0) is 10.0 Å². The molecule has 0 atom stereocenters. The molecule has 106 valence electrons. The average Bonchev–Trinajstić information content (AvgIpc) is 2.31. The molecule has 0 aromatic heterocycles. The van der Waals surface area contributed by atoms with Gasteiger partial charge in [-0.05, 0) is 44.5 Å². The Morgan fingerprint density at radius 1 is 1.37 bits per heavy atom. The Bertz CT molecular complexity index is 582. The Morgan fingerprint density at radius 2 is 2.05 bits per heavy atom. The van der Waals surface area contributed by atoms with Crippen LogP contribution < -0.4 is 5.73 Å². The summed E-state index contributed by atoms with van der Waals surface area (Å²) in [6, 6.07) is 4.90. The SMILES string of the molecule is Cc1cc(S(=O)(=O)N2CCSC(C)(C)C2)ccc1N. The first-order valence-electron chi connectivity index (χ1n) is 6.23. The van der Waals surface area contributed by atoms with Crippen LogP contribution in [0.4, 0.5) is 5.69 Å². The van der Waals surface area contributed by atoms with Gasteiger partial charge in [0.2, 0.25) is 10.0 Å². The molecule has 2 rings (SSSR count). The number of nitrogens with zero attached hydrogens (tertiary/aromatic N) is 1. The number of thioether (sulfide) groups is 1. The normalized spacial score (nSPS) is 20.4. The maximum absolute atomic E-state index is 12.6. The molecule has 0 amide bonds. The van der Waals surface area contributed by atoms with Crippen molar-refractivity contribution in [3.05, 3.63) is 23.8 Å². The van der Waals surface area contributed by atoms with Crippen molar-refractivity contribution in [2.24, 2.45) is 0 Å². The van der Waals surface area contributed by atoms with Crippen molar-refractivity contribution in [1.82, 2.24) is 4.31 Å². The van der Waals surface area contributed by atoms with Crippen LogP contribution >= 0.6 is 11.8 Å². The largest absolute Gasteiger partial charge is 0.399 e. The molecule has 0 spiro atoms. The lowest BCUT2D eigenvalue weighted by Gasteiger charge is -2.36. The van der Waals surface area contributed by atoms with Gasteiger partial charge in [0.15, 0.2) is 0 Å². The number of hydrogen-bond acceptors (Lipinski definition) is 4. The summed E-state index contributed by atoms with van der Waals surface area (Å²) in [5.41, 5.74) is 7.16. The van der Waals surface area contributed by atoms with E-state index in [0.29, 0.717) is 23.7 Å². The second-order valence-corrected chi connectivity index (χ2v) is 9.21. The predicted octanol–water partition coefficient (Wildman–Crippen LogP) is 2.09. The second kappa shape index (κ2) is 5.00. The molecule has 0 saturated carbocycles. The van der Waals surface area contributed by atoms with Crippen molar-refractivity contribution in [2.75, 3.05) is 24.6 Å². The van der Waals surface area contributed by atoms with E-state index in [4.69, 9.17) is 5.73 Å². The third-order valence-corrected chi connectivity index (χ3v) is 6.41. The van der Waals surface area contributed by atoms with Gasteiger partial charge in [0.1, 0.15) is 0 Å². The highest BCUT2D eigenvalue weighted by atomic mass is 32.2. The number of rotatable bonds is 2. The fourth-order valence-electron chi connectivity index (χ4n) is 2.14. The fraction of sp³-hybridized carbons (Fsp3) is 0.538. The fourth-order valence-corrected chi connectivity index (χ4v) is 5.13. The Labute approximate surface area is 119 Å². The van der Waals surface area contributed by atoms with Crippen molar-refractivity contribution in [3.8, 4) is 0 Å². The van der Waals surface area contributed by atoms with Crippen molar-refractivity contribution in [3.63, 3.8) is 0 Å². The Balaban J connectivity index is 2.34. The number of nitrogens with two attached hydrogens (primary N) is 1. The molecule has 1 fully saturated rings. The minimum Gasteiger partial charge on any atom is -0.399 e. The third kappa shape index (κ3) is 3.07. The van der Waals surface area contributed by atoms with Gasteiger partial charge in [-0.3, -0.25) is 0 Å². The third-order valence-electron chi connectivity index (χ3n) is 3.27. The van der Waals surface area contributed by atoms with Gasteiger partial charge < -0.3 is 5.73 Å². The minimum atomic E-state index is -3.41. The zero-order valence-corrected chi connectivity index (χ0v) is 13.1. The van der Waals surface area contributed by atoms with Gasteiger partial charge in [-0.25, -0.2) is 8.42 Å². The molecule has 19 heavy (non-hydrogen) atoms. The van der Waals surface area contributed by atoms with E-state index in [1.165, 1.54) is 0 Å². The summed E-state index contributed by atoms with van der Waals surface area (Å²) < 4.78 is 26.8. The van der Waals surface area contributed by atoms with Gasteiger partial charge in [0.05, 0.1) is 4.90 Å². The standard InChI is InChI=1S/C13H20N2O2S2/c1-10-8-11(4-5-12(10)14)19(16,17)15-6-7-18-13(2,3)9-15/h4-5,8H,6-7,9,14H2,1-3H3. The van der Waals surface area contributed by atoms with Crippen LogP contribution in [0.2, 0.25) is 0 Å². The summed E-state index contributed by atoms with van der Waals surface area (Å²) in [5, 5.41) is 0. The van der Waals surface area contributed by atoms with Gasteiger partial charge in [-0.1, -0.05) is 0 Å². The van der Waals surface area contributed by atoms with Gasteiger partial charge in [-0.15, -0.1) is 0 Å². The highest BCUT2D eigenvalue weighted by Gasteiger charge is 2.34. The molecular weight excluding hydrogens is 280 g/mol. The highest BCUT2D eigenvalue weighted by molar-refractivity contribution is 8.00. The van der Waals surface area contributed by atoms with E-state index in [1.807, 2.05) is 18.7 Å². The summed E-state index contributed by atoms with van der Waals surface area (Å²) in [5.74, 6) is 0.834. The first-order valence-corrected chi connectivity index (χ1v) is 8.65. The molecule has 0 bridgehead atoms. The molecule has 1 heterocycles. The minimum absolute atomic E-state index is 0.0336. The zero-order chi connectivity index (χ0) is 14.3. The molecule has 1 aliphatic heterocycles. The lowest BCUT2D eigenvalue weighted by atomic mass is 10.2. The van der Waals surface area contributed by atoms with Crippen molar-refractivity contribution in [1.29, 1.82) is 0 Å². The molecule has 4 nitrogen and oxygen atoms in total. The van der Waals surface area contributed by atoms with E-state index in [9.17, 15) is 8.42 Å². The summed E-state index contributed by atoms with van der Waals surface area (Å²) in [6.45, 7) is 7.09. The molecule has 1 saturated heterocycles. The van der Waals surface area contributed by atoms with Crippen molar-refractivity contribution in [2.45, 2.75) is 30.4 Å². The monoisotopic (exact) mass is 300 g/mol. The second-order valence-electron chi connectivity index (χ2n) is 5.47. The van der Waals surface area contributed by atoms with E-state index in [0.717, 1.165) is 11.3 Å². The van der Waals surface area contributed by atoms with Crippen LogP contribution in [0, 0.1) is 6.92 Å². The molecular formula is C13H20N2O2S2. The number of aryl methyl sites for hydroxylation is 1. The number of anilines is 1. The molecule has 0 radical (unpaired) electrons. The summed E-state index contributed by atoms with van der Waals surface area (Å²) >= 11 is 1.81. The first kappa shape index (κ1) is 14.7. The number of sulfonamides is 1. The topological polar surface area (TPSA) is 63.4 Å². The van der Waals surface area contributed by atoms with E-state index >= 15 is 0 Å². The predicted molar refractivity (Wildman–Crippen MR) is 80.9 cm³/mol. The van der Waals surface area contributed by atoms with Gasteiger partial charge >= 0.3 is 0 Å². The maximum atomic E-state index is 12.6. The Morgan fingerprint density at radius 3 is 2.63 bits per heavy atom. The van der Waals surface area contributed by atoms with E-state index in [-0.39, 0.29) is 4.75 Å². The van der Waals surface area contributed by atoms with Crippen LogP contribution in [0.1, 0.15) is 19.4 Å². The lowest BCUT2D eigenvalue weighted by molar-refractivity contribution is 0.387. The summed E-state index contributed by atoms with van der Waals surface area (Å²) in [4.78, 5) is 0.335. The van der Waals surface area contributed by atoms with Crippen LogP contribution in [0.25, 0.3) is 0 Å². The molecule has 2 N–H and O–H groups in total. The van der Waals surface area contributed by atoms with E-state index in [1.54, 1.807) is 22.5 Å². The molecule has 1 aromatic carbocycles. The molecule has 0 aliphatic carbocycles.